The van der Waals surface area contributed by atoms with Crippen molar-refractivity contribution >= 4 is 27.6 Å². The Bertz CT molecular complexity index is 1030. The second-order valence-electron chi connectivity index (χ2n) is 8.15. The molecule has 0 spiro atoms. The Morgan fingerprint density at radius 3 is 2.44 bits per heavy atom. The molecule has 1 amide bonds. The Balaban J connectivity index is 1.38. The van der Waals surface area contributed by atoms with E-state index in [0.29, 0.717) is 51.3 Å². The van der Waals surface area contributed by atoms with Gasteiger partial charge < -0.3 is 9.80 Å². The van der Waals surface area contributed by atoms with Gasteiger partial charge in [0.15, 0.2) is 0 Å². The van der Waals surface area contributed by atoms with Gasteiger partial charge in [-0.25, -0.2) is 9.37 Å². The van der Waals surface area contributed by atoms with Crippen LogP contribution in [0, 0.1) is 11.7 Å². The van der Waals surface area contributed by atoms with Crippen LogP contribution in [0.2, 0.25) is 0 Å². The number of nitrogens with zero attached hydrogens (tertiary/aromatic N) is 5. The second kappa shape index (κ2) is 9.41. The van der Waals surface area contributed by atoms with Gasteiger partial charge in [0.25, 0.3) is 0 Å². The van der Waals surface area contributed by atoms with Crippen molar-refractivity contribution in [3.8, 4) is 0 Å². The highest BCUT2D eigenvalue weighted by atomic mass is 32.2. The molecule has 0 radical (unpaired) electrons. The summed E-state index contributed by atoms with van der Waals surface area (Å²) in [6.07, 6.45) is 3.05. The molecule has 0 bridgehead atoms. The van der Waals surface area contributed by atoms with Crippen molar-refractivity contribution in [3.05, 3.63) is 54.5 Å². The molecule has 0 unspecified atom stereocenters. The van der Waals surface area contributed by atoms with E-state index < -0.39 is 16.0 Å². The number of benzene rings is 1. The lowest BCUT2D eigenvalue weighted by molar-refractivity contribution is -0.137. The summed E-state index contributed by atoms with van der Waals surface area (Å²) in [6.45, 7) is 3.11. The van der Waals surface area contributed by atoms with Crippen molar-refractivity contribution in [2.24, 2.45) is 5.92 Å². The molecule has 0 N–H and O–H groups in total. The molecule has 2 aromatic rings. The number of anilines is 2. The highest BCUT2D eigenvalue weighted by Gasteiger charge is 2.37. The fraction of sp³-hybridized carbons (Fsp3) is 0.455. The number of hydrogen-bond donors (Lipinski definition) is 0. The van der Waals surface area contributed by atoms with Gasteiger partial charge in [0.05, 0.1) is 11.6 Å². The maximum absolute atomic E-state index is 13.2. The monoisotopic (exact) mass is 461 g/mol. The number of pyridine rings is 1. The predicted molar refractivity (Wildman–Crippen MR) is 121 cm³/mol. The highest BCUT2D eigenvalue weighted by molar-refractivity contribution is 7.90. The Morgan fingerprint density at radius 1 is 1.06 bits per heavy atom. The molecule has 2 aliphatic heterocycles. The zero-order valence-corrected chi connectivity index (χ0v) is 18.9. The summed E-state index contributed by atoms with van der Waals surface area (Å²) in [5.74, 6) is 0.126. The van der Waals surface area contributed by atoms with E-state index in [9.17, 15) is 17.6 Å². The van der Waals surface area contributed by atoms with Gasteiger partial charge in [-0.3, -0.25) is 9.10 Å². The van der Waals surface area contributed by atoms with E-state index in [0.717, 1.165) is 10.1 Å². The molecular formula is C22H28FN5O3S. The van der Waals surface area contributed by atoms with Gasteiger partial charge in [-0.15, -0.1) is 0 Å². The molecule has 2 saturated heterocycles. The number of rotatable bonds is 5. The van der Waals surface area contributed by atoms with E-state index in [4.69, 9.17) is 0 Å². The molecule has 32 heavy (non-hydrogen) atoms. The quantitative estimate of drug-likeness (QED) is 0.681. The fourth-order valence-electron chi connectivity index (χ4n) is 4.27. The van der Waals surface area contributed by atoms with Crippen LogP contribution in [0.1, 0.15) is 12.8 Å². The van der Waals surface area contributed by atoms with E-state index in [1.165, 1.54) is 35.6 Å². The average Bonchev–Trinajstić information content (AvgIpc) is 2.84. The van der Waals surface area contributed by atoms with Crippen LogP contribution in [0.15, 0.2) is 48.7 Å². The molecule has 2 fully saturated rings. The standard InChI is InChI=1S/C22H28FN5O3S/c1-25(20-9-7-19(23)8-10-20)32(30,31)28-12-4-5-18(17-28)22(29)27-15-13-26(14-16-27)21-6-2-3-11-24-21/h2-3,6-11,18H,4-5,12-17H2,1H3/t18-/m1/s1. The molecule has 0 saturated carbocycles. The summed E-state index contributed by atoms with van der Waals surface area (Å²) in [5.41, 5.74) is 0.380. The lowest BCUT2D eigenvalue weighted by Gasteiger charge is -2.39. The lowest BCUT2D eigenvalue weighted by Crippen LogP contribution is -2.54. The number of halogens is 1. The maximum atomic E-state index is 13.2. The molecule has 4 rings (SSSR count). The van der Waals surface area contributed by atoms with Crippen molar-refractivity contribution in [1.29, 1.82) is 0 Å². The highest BCUT2D eigenvalue weighted by Crippen LogP contribution is 2.26. The first kappa shape index (κ1) is 22.5. The number of aromatic nitrogens is 1. The number of carbonyl (C=O) groups excluding carboxylic acids is 1. The van der Waals surface area contributed by atoms with Crippen molar-refractivity contribution in [2.45, 2.75) is 12.8 Å². The normalized spacial score (nSPS) is 20.2. The number of piperidine rings is 1. The molecule has 1 aromatic heterocycles. The summed E-state index contributed by atoms with van der Waals surface area (Å²) in [4.78, 5) is 21.5. The average molecular weight is 462 g/mol. The third kappa shape index (κ3) is 4.71. The molecule has 172 valence electrons. The van der Waals surface area contributed by atoms with Gasteiger partial charge in [0, 0.05) is 52.5 Å². The first-order valence-corrected chi connectivity index (χ1v) is 12.2. The fourth-order valence-corrected chi connectivity index (χ4v) is 5.73. The Kier molecular flexibility index (Phi) is 6.61. The van der Waals surface area contributed by atoms with Crippen LogP contribution in [-0.2, 0) is 15.0 Å². The minimum atomic E-state index is -3.81. The molecular weight excluding hydrogens is 433 g/mol. The van der Waals surface area contributed by atoms with Gasteiger partial charge in [0.2, 0.25) is 5.91 Å². The van der Waals surface area contributed by atoms with Gasteiger partial charge in [0.1, 0.15) is 11.6 Å². The van der Waals surface area contributed by atoms with Crippen LogP contribution in [0.4, 0.5) is 15.9 Å². The molecule has 0 aliphatic carbocycles. The van der Waals surface area contributed by atoms with E-state index >= 15 is 0 Å². The van der Waals surface area contributed by atoms with Crippen molar-refractivity contribution in [3.63, 3.8) is 0 Å². The van der Waals surface area contributed by atoms with Crippen LogP contribution in [0.5, 0.6) is 0 Å². The molecule has 10 heteroatoms. The first-order valence-electron chi connectivity index (χ1n) is 10.8. The third-order valence-electron chi connectivity index (χ3n) is 6.16. The first-order chi connectivity index (χ1) is 15.4. The van der Waals surface area contributed by atoms with E-state index in [-0.39, 0.29) is 18.4 Å². The number of carbonyl (C=O) groups is 1. The smallest absolute Gasteiger partial charge is 0.303 e. The van der Waals surface area contributed by atoms with Crippen LogP contribution in [0.25, 0.3) is 0 Å². The van der Waals surface area contributed by atoms with Crippen LogP contribution >= 0.6 is 0 Å². The van der Waals surface area contributed by atoms with E-state index in [2.05, 4.69) is 9.88 Å². The Labute approximate surface area is 188 Å². The van der Waals surface area contributed by atoms with E-state index in [1.807, 2.05) is 23.1 Å². The summed E-state index contributed by atoms with van der Waals surface area (Å²) in [7, 11) is -2.36. The van der Waals surface area contributed by atoms with Gasteiger partial charge in [-0.1, -0.05) is 6.07 Å². The maximum Gasteiger partial charge on any atom is 0.303 e. The summed E-state index contributed by atoms with van der Waals surface area (Å²) in [6, 6.07) is 11.1. The molecule has 8 nitrogen and oxygen atoms in total. The van der Waals surface area contributed by atoms with Crippen LogP contribution < -0.4 is 9.21 Å². The minimum Gasteiger partial charge on any atom is -0.353 e. The summed E-state index contributed by atoms with van der Waals surface area (Å²) >= 11 is 0. The van der Waals surface area contributed by atoms with Crippen molar-refractivity contribution in [1.82, 2.24) is 14.2 Å². The van der Waals surface area contributed by atoms with E-state index in [1.54, 1.807) is 6.20 Å². The second-order valence-corrected chi connectivity index (χ2v) is 10.1. The largest absolute Gasteiger partial charge is 0.353 e. The zero-order chi connectivity index (χ0) is 22.7. The lowest BCUT2D eigenvalue weighted by atomic mass is 9.98. The van der Waals surface area contributed by atoms with Gasteiger partial charge in [-0.05, 0) is 49.2 Å². The SMILES string of the molecule is CN(c1ccc(F)cc1)S(=O)(=O)N1CCC[C@@H](C(=O)N2CCN(c3ccccn3)CC2)C1. The van der Waals surface area contributed by atoms with Gasteiger partial charge >= 0.3 is 10.2 Å². The molecule has 1 atom stereocenters. The minimum absolute atomic E-state index is 0.00926. The number of hydrogen-bond acceptors (Lipinski definition) is 5. The molecule has 2 aliphatic rings. The topological polar surface area (TPSA) is 77.1 Å². The Morgan fingerprint density at radius 2 is 1.78 bits per heavy atom. The zero-order valence-electron chi connectivity index (χ0n) is 18.1. The predicted octanol–water partition coefficient (Wildman–Crippen LogP) is 1.96. The molecule has 1 aromatic carbocycles. The summed E-state index contributed by atoms with van der Waals surface area (Å²) in [5, 5.41) is 0. The molecule has 3 heterocycles. The Hall–Kier alpha value is -2.72. The number of amides is 1. The van der Waals surface area contributed by atoms with Crippen LogP contribution in [0.3, 0.4) is 0 Å². The summed E-state index contributed by atoms with van der Waals surface area (Å²) < 4.78 is 42.0. The van der Waals surface area contributed by atoms with Crippen molar-refractivity contribution in [2.75, 3.05) is 55.5 Å². The van der Waals surface area contributed by atoms with Crippen LogP contribution in [-0.4, -0.2) is 74.8 Å². The van der Waals surface area contributed by atoms with Gasteiger partial charge in [-0.2, -0.15) is 12.7 Å². The third-order valence-corrected chi connectivity index (χ3v) is 8.05. The van der Waals surface area contributed by atoms with Crippen molar-refractivity contribution < 1.29 is 17.6 Å². The number of piperazine rings is 1.